The van der Waals surface area contributed by atoms with Crippen LogP contribution >= 0.6 is 11.6 Å². The number of methoxy groups -OCH3 is 1. The van der Waals surface area contributed by atoms with Crippen molar-refractivity contribution in [3.8, 4) is 0 Å². The van der Waals surface area contributed by atoms with E-state index in [9.17, 15) is 13.6 Å². The van der Waals surface area contributed by atoms with Gasteiger partial charge in [-0.1, -0.05) is 11.6 Å². The maximum absolute atomic E-state index is 12.4. The van der Waals surface area contributed by atoms with E-state index in [0.717, 1.165) is 6.07 Å². The molecule has 0 saturated carbocycles. The monoisotopic (exact) mass is 250 g/mol. The molecule has 0 atom stereocenters. The lowest BCUT2D eigenvalue weighted by molar-refractivity contribution is -0.139. The van der Waals surface area contributed by atoms with Crippen LogP contribution in [0.2, 0.25) is 5.02 Å². The van der Waals surface area contributed by atoms with Crippen LogP contribution < -0.4 is 5.73 Å². The number of ether oxygens (including phenoxy) is 1. The molecule has 1 aromatic heterocycles. The number of pyridine rings is 1. The molecule has 0 unspecified atom stereocenters. The van der Waals surface area contributed by atoms with Gasteiger partial charge in [-0.25, -0.2) is 13.8 Å². The Balaban J connectivity index is 3.05. The Hall–Kier alpha value is -1.43. The second-order valence-electron chi connectivity index (χ2n) is 2.94. The van der Waals surface area contributed by atoms with Gasteiger partial charge in [0.2, 0.25) is 0 Å². The van der Waals surface area contributed by atoms with E-state index < -0.39 is 18.0 Å². The number of nitrogen functional groups attached to an aromatic ring is 1. The molecule has 2 N–H and O–H groups in total. The third-order valence-electron chi connectivity index (χ3n) is 1.88. The summed E-state index contributed by atoms with van der Waals surface area (Å²) in [5.74, 6) is -0.906. The quantitative estimate of drug-likeness (QED) is 0.833. The topological polar surface area (TPSA) is 65.2 Å². The zero-order valence-electron chi connectivity index (χ0n) is 8.34. The van der Waals surface area contributed by atoms with Crippen LogP contribution in [0.4, 0.5) is 14.6 Å². The average Bonchev–Trinajstić information content (AvgIpc) is 2.22. The van der Waals surface area contributed by atoms with E-state index >= 15 is 0 Å². The summed E-state index contributed by atoms with van der Waals surface area (Å²) in [5, 5.41) is -0.0325. The van der Waals surface area contributed by atoms with Crippen molar-refractivity contribution in [2.24, 2.45) is 0 Å². The van der Waals surface area contributed by atoms with Crippen molar-refractivity contribution >= 4 is 23.4 Å². The summed E-state index contributed by atoms with van der Waals surface area (Å²) in [6, 6.07) is 1.01. The zero-order valence-corrected chi connectivity index (χ0v) is 9.09. The van der Waals surface area contributed by atoms with Gasteiger partial charge in [-0.15, -0.1) is 0 Å². The lowest BCUT2D eigenvalue weighted by atomic mass is 10.2. The first-order valence-corrected chi connectivity index (χ1v) is 4.63. The van der Waals surface area contributed by atoms with Gasteiger partial charge in [0.15, 0.2) is 0 Å². The summed E-state index contributed by atoms with van der Waals surface area (Å²) < 4.78 is 29.2. The number of rotatable bonds is 3. The Labute approximate surface area is 95.4 Å². The van der Waals surface area contributed by atoms with E-state index in [2.05, 4.69) is 9.72 Å². The van der Waals surface area contributed by atoms with Gasteiger partial charge in [0.1, 0.15) is 5.82 Å². The number of esters is 1. The highest BCUT2D eigenvalue weighted by atomic mass is 35.5. The fourth-order valence-corrected chi connectivity index (χ4v) is 1.29. The van der Waals surface area contributed by atoms with Gasteiger partial charge >= 0.3 is 5.97 Å². The Morgan fingerprint density at radius 3 is 2.81 bits per heavy atom. The molecular formula is C9H9ClF2N2O2. The number of halogens is 3. The van der Waals surface area contributed by atoms with Gasteiger partial charge in [0, 0.05) is 0 Å². The molecule has 0 radical (unpaired) electrons. The SMILES string of the molecule is COC(=O)Cc1nc(N)c(C(F)F)cc1Cl. The molecule has 4 nitrogen and oxygen atoms in total. The molecule has 16 heavy (non-hydrogen) atoms. The van der Waals surface area contributed by atoms with Gasteiger partial charge in [-0.3, -0.25) is 4.79 Å². The molecule has 0 aliphatic heterocycles. The molecule has 0 aliphatic rings. The van der Waals surface area contributed by atoms with Crippen molar-refractivity contribution in [3.63, 3.8) is 0 Å². The van der Waals surface area contributed by atoms with Crippen molar-refractivity contribution < 1.29 is 18.3 Å². The molecule has 0 spiro atoms. The number of anilines is 1. The van der Waals surface area contributed by atoms with Crippen molar-refractivity contribution in [2.75, 3.05) is 12.8 Å². The van der Waals surface area contributed by atoms with Crippen LogP contribution in [0.15, 0.2) is 6.07 Å². The first-order chi connectivity index (χ1) is 7.45. The van der Waals surface area contributed by atoms with Gasteiger partial charge < -0.3 is 10.5 Å². The number of hydrogen-bond acceptors (Lipinski definition) is 4. The Morgan fingerprint density at radius 2 is 2.31 bits per heavy atom. The van der Waals surface area contributed by atoms with Crippen LogP contribution in [0.3, 0.4) is 0 Å². The van der Waals surface area contributed by atoms with E-state index in [1.807, 2.05) is 0 Å². The Kier molecular flexibility index (Phi) is 4.00. The van der Waals surface area contributed by atoms with Gasteiger partial charge in [0.05, 0.1) is 29.8 Å². The molecule has 1 rings (SSSR count). The lowest BCUT2D eigenvalue weighted by Gasteiger charge is -2.08. The van der Waals surface area contributed by atoms with E-state index in [1.54, 1.807) is 0 Å². The highest BCUT2D eigenvalue weighted by Gasteiger charge is 2.17. The van der Waals surface area contributed by atoms with Gasteiger partial charge in [-0.2, -0.15) is 0 Å². The molecule has 88 valence electrons. The van der Waals surface area contributed by atoms with Crippen LogP contribution in [-0.4, -0.2) is 18.1 Å². The van der Waals surface area contributed by atoms with Crippen LogP contribution in [0, 0.1) is 0 Å². The smallest absolute Gasteiger partial charge is 0.311 e. The molecule has 1 aromatic rings. The minimum absolute atomic E-state index is 0.0325. The first-order valence-electron chi connectivity index (χ1n) is 4.25. The van der Waals surface area contributed by atoms with E-state index in [0.29, 0.717) is 0 Å². The highest BCUT2D eigenvalue weighted by Crippen LogP contribution is 2.28. The number of aromatic nitrogens is 1. The summed E-state index contributed by atoms with van der Waals surface area (Å²) in [4.78, 5) is 14.6. The lowest BCUT2D eigenvalue weighted by Crippen LogP contribution is -2.09. The van der Waals surface area contributed by atoms with Crippen LogP contribution in [-0.2, 0) is 16.0 Å². The number of nitrogens with zero attached hydrogens (tertiary/aromatic N) is 1. The van der Waals surface area contributed by atoms with Crippen molar-refractivity contribution in [1.29, 1.82) is 0 Å². The molecule has 7 heteroatoms. The fourth-order valence-electron chi connectivity index (χ4n) is 1.06. The fraction of sp³-hybridized carbons (Fsp3) is 0.333. The molecular weight excluding hydrogens is 242 g/mol. The minimum atomic E-state index is -2.75. The van der Waals surface area contributed by atoms with Crippen LogP contribution in [0.25, 0.3) is 0 Å². The predicted octanol–water partition coefficient (Wildman–Crippen LogP) is 1.97. The van der Waals surface area contributed by atoms with Gasteiger partial charge in [-0.05, 0) is 6.07 Å². The number of nitrogens with two attached hydrogens (primary N) is 1. The van der Waals surface area contributed by atoms with Crippen molar-refractivity contribution in [1.82, 2.24) is 4.98 Å². The number of alkyl halides is 2. The molecule has 0 saturated heterocycles. The van der Waals surface area contributed by atoms with Crippen molar-refractivity contribution in [3.05, 3.63) is 22.3 Å². The normalized spacial score (nSPS) is 10.6. The molecule has 0 bridgehead atoms. The second kappa shape index (κ2) is 5.07. The molecule has 0 aromatic carbocycles. The summed E-state index contributed by atoms with van der Waals surface area (Å²) in [5.41, 5.74) is 4.98. The van der Waals surface area contributed by atoms with E-state index in [1.165, 1.54) is 7.11 Å². The number of hydrogen-bond donors (Lipinski definition) is 1. The van der Waals surface area contributed by atoms with Crippen LogP contribution in [0.1, 0.15) is 17.7 Å². The summed E-state index contributed by atoms with van der Waals surface area (Å²) in [6.45, 7) is 0. The third kappa shape index (κ3) is 2.79. The average molecular weight is 251 g/mol. The Morgan fingerprint density at radius 1 is 1.69 bits per heavy atom. The standard InChI is InChI=1S/C9H9ClF2N2O2/c1-16-7(15)3-6-5(10)2-4(8(11)12)9(13)14-6/h2,8H,3H2,1H3,(H2,13,14). The number of carbonyl (C=O) groups is 1. The summed E-state index contributed by atoms with van der Waals surface area (Å²) >= 11 is 5.69. The second-order valence-corrected chi connectivity index (χ2v) is 3.35. The maximum Gasteiger partial charge on any atom is 0.311 e. The van der Waals surface area contributed by atoms with Crippen LogP contribution in [0.5, 0.6) is 0 Å². The predicted molar refractivity (Wildman–Crippen MR) is 54.3 cm³/mol. The molecule has 0 aliphatic carbocycles. The minimum Gasteiger partial charge on any atom is -0.469 e. The first kappa shape index (κ1) is 12.6. The zero-order chi connectivity index (χ0) is 12.3. The highest BCUT2D eigenvalue weighted by molar-refractivity contribution is 6.31. The van der Waals surface area contributed by atoms with E-state index in [4.69, 9.17) is 17.3 Å². The molecule has 0 amide bonds. The third-order valence-corrected chi connectivity index (χ3v) is 2.21. The largest absolute Gasteiger partial charge is 0.469 e. The van der Waals surface area contributed by atoms with Gasteiger partial charge in [0.25, 0.3) is 6.43 Å². The molecule has 0 fully saturated rings. The summed E-state index contributed by atoms with van der Waals surface area (Å²) in [6.07, 6.45) is -2.96. The number of carbonyl (C=O) groups excluding carboxylic acids is 1. The van der Waals surface area contributed by atoms with Crippen molar-refractivity contribution in [2.45, 2.75) is 12.8 Å². The molecule has 1 heterocycles. The summed E-state index contributed by atoms with van der Waals surface area (Å²) in [7, 11) is 1.20. The Bertz CT molecular complexity index is 413. The maximum atomic E-state index is 12.4. The van der Waals surface area contributed by atoms with E-state index in [-0.39, 0.29) is 23.0 Å².